The van der Waals surface area contributed by atoms with Crippen LogP contribution in [-0.4, -0.2) is 12.1 Å². The number of nitrogen functional groups attached to an aromatic ring is 1. The largest absolute Gasteiger partial charge is 0.459 e. The van der Waals surface area contributed by atoms with Crippen LogP contribution < -0.4 is 5.73 Å². The minimum absolute atomic E-state index is 0.00960. The van der Waals surface area contributed by atoms with E-state index >= 15 is 0 Å². The fourth-order valence-corrected chi connectivity index (χ4v) is 3.06. The van der Waals surface area contributed by atoms with Crippen LogP contribution in [-0.2, 0) is 4.74 Å². The highest BCUT2D eigenvalue weighted by atomic mass is 35.5. The maximum atomic E-state index is 12.1. The van der Waals surface area contributed by atoms with Gasteiger partial charge in [0.25, 0.3) is 0 Å². The fourth-order valence-electron chi connectivity index (χ4n) is 2.89. The third-order valence-electron chi connectivity index (χ3n) is 3.64. The van der Waals surface area contributed by atoms with E-state index in [1.165, 1.54) is 6.42 Å². The second-order valence-corrected chi connectivity index (χ2v) is 6.11. The molecule has 2 N–H and O–H groups in total. The molecule has 0 amide bonds. The van der Waals surface area contributed by atoms with E-state index < -0.39 is 0 Å². The number of ether oxygens (including phenoxy) is 1. The number of carbonyl (C=O) groups excluding carboxylic acids is 1. The molecule has 0 bridgehead atoms. The van der Waals surface area contributed by atoms with Crippen molar-refractivity contribution in [1.29, 1.82) is 0 Å². The molecular weight excluding hydrogens is 262 g/mol. The normalized spacial score (nSPS) is 27.0. The summed E-state index contributed by atoms with van der Waals surface area (Å²) in [6.07, 6.45) is 3.05. The third kappa shape index (κ3) is 3.63. The van der Waals surface area contributed by atoms with Crippen LogP contribution in [0.25, 0.3) is 0 Å². The Morgan fingerprint density at radius 2 is 1.89 bits per heavy atom. The van der Waals surface area contributed by atoms with E-state index in [-0.39, 0.29) is 12.1 Å². The van der Waals surface area contributed by atoms with Crippen LogP contribution in [0.4, 0.5) is 5.69 Å². The van der Waals surface area contributed by atoms with Gasteiger partial charge in [0.2, 0.25) is 0 Å². The van der Waals surface area contributed by atoms with Gasteiger partial charge in [-0.3, -0.25) is 0 Å². The van der Waals surface area contributed by atoms with Crippen LogP contribution in [0, 0.1) is 11.8 Å². The molecule has 1 aliphatic rings. The zero-order valence-electron chi connectivity index (χ0n) is 11.4. The molecule has 2 rings (SSSR count). The summed E-state index contributed by atoms with van der Waals surface area (Å²) in [5.41, 5.74) is 6.56. The summed E-state index contributed by atoms with van der Waals surface area (Å²) in [6.45, 7) is 4.40. The molecule has 2 atom stereocenters. The van der Waals surface area contributed by atoms with Crippen molar-refractivity contribution in [3.63, 3.8) is 0 Å². The summed E-state index contributed by atoms with van der Waals surface area (Å²) in [6, 6.07) is 4.86. The van der Waals surface area contributed by atoms with E-state index in [1.807, 2.05) is 0 Å². The van der Waals surface area contributed by atoms with Gasteiger partial charge in [-0.05, 0) is 49.3 Å². The van der Waals surface area contributed by atoms with Crippen molar-refractivity contribution in [2.75, 3.05) is 5.73 Å². The molecule has 1 fully saturated rings. The predicted molar refractivity (Wildman–Crippen MR) is 77.2 cm³/mol. The van der Waals surface area contributed by atoms with E-state index in [0.717, 1.165) is 12.8 Å². The smallest absolute Gasteiger partial charge is 0.340 e. The van der Waals surface area contributed by atoms with Crippen molar-refractivity contribution in [2.24, 2.45) is 11.8 Å². The summed E-state index contributed by atoms with van der Waals surface area (Å²) in [5.74, 6) is 0.822. The highest BCUT2D eigenvalue weighted by Gasteiger charge is 2.27. The van der Waals surface area contributed by atoms with E-state index in [9.17, 15) is 4.79 Å². The lowest BCUT2D eigenvalue weighted by Gasteiger charge is -2.31. The number of benzene rings is 1. The molecular formula is C15H20ClNO2. The highest BCUT2D eigenvalue weighted by Crippen LogP contribution is 2.31. The molecule has 0 saturated heterocycles. The van der Waals surface area contributed by atoms with Crippen LogP contribution >= 0.6 is 11.6 Å². The molecule has 1 aliphatic carbocycles. The Bertz CT molecular complexity index is 465. The zero-order valence-corrected chi connectivity index (χ0v) is 12.1. The Kier molecular flexibility index (Phi) is 4.35. The third-order valence-corrected chi connectivity index (χ3v) is 3.88. The average molecular weight is 282 g/mol. The van der Waals surface area contributed by atoms with Gasteiger partial charge in [-0.1, -0.05) is 25.4 Å². The lowest BCUT2D eigenvalue weighted by atomic mass is 9.82. The topological polar surface area (TPSA) is 52.3 Å². The van der Waals surface area contributed by atoms with Gasteiger partial charge >= 0.3 is 5.97 Å². The second-order valence-electron chi connectivity index (χ2n) is 5.68. The molecule has 1 aromatic rings. The lowest BCUT2D eigenvalue weighted by Crippen LogP contribution is -2.28. The molecule has 3 nitrogen and oxygen atoms in total. The summed E-state index contributed by atoms with van der Waals surface area (Å²) in [4.78, 5) is 12.1. The first-order valence-electron chi connectivity index (χ1n) is 6.71. The van der Waals surface area contributed by atoms with Gasteiger partial charge in [0.1, 0.15) is 6.10 Å². The molecule has 0 heterocycles. The Balaban J connectivity index is 2.06. The van der Waals surface area contributed by atoms with Crippen molar-refractivity contribution < 1.29 is 9.53 Å². The Morgan fingerprint density at radius 3 is 2.53 bits per heavy atom. The maximum Gasteiger partial charge on any atom is 0.340 e. The summed E-state index contributed by atoms with van der Waals surface area (Å²) in [5, 5.41) is 0.492. The SMILES string of the molecule is CC1CC(C)CC(OC(=O)c2cc(Cl)ccc2N)C1. The molecule has 0 radical (unpaired) electrons. The average Bonchev–Trinajstić information content (AvgIpc) is 2.30. The highest BCUT2D eigenvalue weighted by molar-refractivity contribution is 6.31. The number of hydrogen-bond donors (Lipinski definition) is 1. The first kappa shape index (κ1) is 14.2. The molecule has 2 unspecified atom stereocenters. The number of nitrogens with two attached hydrogens (primary N) is 1. The monoisotopic (exact) mass is 281 g/mol. The Labute approximate surface area is 119 Å². The fraction of sp³-hybridized carbons (Fsp3) is 0.533. The quantitative estimate of drug-likeness (QED) is 0.661. The molecule has 104 valence electrons. The lowest BCUT2D eigenvalue weighted by molar-refractivity contribution is 0.00817. The molecule has 1 aromatic carbocycles. The minimum atomic E-state index is -0.369. The van der Waals surface area contributed by atoms with E-state index in [2.05, 4.69) is 13.8 Å². The number of halogens is 1. The Hall–Kier alpha value is -1.22. The first-order valence-corrected chi connectivity index (χ1v) is 7.09. The van der Waals surface area contributed by atoms with E-state index in [0.29, 0.717) is 28.1 Å². The zero-order chi connectivity index (χ0) is 14.0. The number of carbonyl (C=O) groups is 1. The van der Waals surface area contributed by atoms with Gasteiger partial charge in [-0.15, -0.1) is 0 Å². The van der Waals surface area contributed by atoms with E-state index in [1.54, 1.807) is 18.2 Å². The van der Waals surface area contributed by atoms with Crippen LogP contribution in [0.3, 0.4) is 0 Å². The minimum Gasteiger partial charge on any atom is -0.459 e. The van der Waals surface area contributed by atoms with Crippen LogP contribution in [0.2, 0.25) is 5.02 Å². The first-order chi connectivity index (χ1) is 8.95. The van der Waals surface area contributed by atoms with Crippen LogP contribution in [0.1, 0.15) is 43.5 Å². The van der Waals surface area contributed by atoms with Crippen molar-refractivity contribution in [2.45, 2.75) is 39.2 Å². The summed E-state index contributed by atoms with van der Waals surface area (Å²) < 4.78 is 5.58. The number of esters is 1. The molecule has 0 aromatic heterocycles. The van der Waals surface area contributed by atoms with Gasteiger partial charge in [-0.25, -0.2) is 4.79 Å². The standard InChI is InChI=1S/C15H20ClNO2/c1-9-5-10(2)7-12(6-9)19-15(18)13-8-11(16)3-4-14(13)17/h3-4,8-10,12H,5-7,17H2,1-2H3. The van der Waals surface area contributed by atoms with Crippen LogP contribution in [0.15, 0.2) is 18.2 Å². The van der Waals surface area contributed by atoms with Gasteiger partial charge < -0.3 is 10.5 Å². The van der Waals surface area contributed by atoms with Gasteiger partial charge in [0.05, 0.1) is 5.56 Å². The molecule has 4 heteroatoms. The van der Waals surface area contributed by atoms with Crippen LogP contribution in [0.5, 0.6) is 0 Å². The number of anilines is 1. The number of hydrogen-bond acceptors (Lipinski definition) is 3. The van der Waals surface area contributed by atoms with E-state index in [4.69, 9.17) is 22.1 Å². The van der Waals surface area contributed by atoms with Gasteiger partial charge in [0, 0.05) is 10.7 Å². The van der Waals surface area contributed by atoms with Crippen molar-refractivity contribution in [3.8, 4) is 0 Å². The van der Waals surface area contributed by atoms with Gasteiger partial charge in [0.15, 0.2) is 0 Å². The molecule has 19 heavy (non-hydrogen) atoms. The van der Waals surface area contributed by atoms with Gasteiger partial charge in [-0.2, -0.15) is 0 Å². The maximum absolute atomic E-state index is 12.1. The van der Waals surface area contributed by atoms with Crippen molar-refractivity contribution in [3.05, 3.63) is 28.8 Å². The predicted octanol–water partition coefficient (Wildman–Crippen LogP) is 3.90. The molecule has 0 aliphatic heterocycles. The summed E-state index contributed by atoms with van der Waals surface area (Å²) in [7, 11) is 0. The molecule has 1 saturated carbocycles. The second kappa shape index (κ2) is 5.83. The van der Waals surface area contributed by atoms with Crippen molar-refractivity contribution >= 4 is 23.3 Å². The molecule has 0 spiro atoms. The Morgan fingerprint density at radius 1 is 1.26 bits per heavy atom. The number of rotatable bonds is 2. The van der Waals surface area contributed by atoms with Crippen molar-refractivity contribution in [1.82, 2.24) is 0 Å². The summed E-state index contributed by atoms with van der Waals surface area (Å²) >= 11 is 5.89.